The second-order valence-corrected chi connectivity index (χ2v) is 5.08. The number of fused-ring (bicyclic) bond motifs is 1. The average Bonchev–Trinajstić information content (AvgIpc) is 2.85. The van der Waals surface area contributed by atoms with E-state index < -0.39 is 0 Å². The van der Waals surface area contributed by atoms with Gasteiger partial charge in [0.2, 0.25) is 0 Å². The van der Waals surface area contributed by atoms with Gasteiger partial charge in [0.1, 0.15) is 15.9 Å². The van der Waals surface area contributed by atoms with Crippen molar-refractivity contribution in [3.05, 3.63) is 40.1 Å². The standard InChI is InChI=1S/C11H9ClN4S/c1-7-13-8-4-2-3-5-10(8)16(7)6-9-11(12)17-15-14-9/h2-5H,6H2,1H3. The quantitative estimate of drug-likeness (QED) is 0.715. The van der Waals surface area contributed by atoms with Crippen LogP contribution in [0.25, 0.3) is 11.0 Å². The predicted molar refractivity (Wildman–Crippen MR) is 68.5 cm³/mol. The Morgan fingerprint density at radius 2 is 2.18 bits per heavy atom. The molecule has 0 saturated heterocycles. The van der Waals surface area contributed by atoms with Crippen molar-refractivity contribution in [3.8, 4) is 0 Å². The fraction of sp³-hybridized carbons (Fsp3) is 0.182. The van der Waals surface area contributed by atoms with E-state index in [0.29, 0.717) is 10.9 Å². The van der Waals surface area contributed by atoms with Crippen molar-refractivity contribution in [2.24, 2.45) is 0 Å². The summed E-state index contributed by atoms with van der Waals surface area (Å²) in [5.41, 5.74) is 2.88. The van der Waals surface area contributed by atoms with E-state index in [1.54, 1.807) is 0 Å². The Bertz CT molecular complexity index is 673. The van der Waals surface area contributed by atoms with Crippen LogP contribution in [-0.4, -0.2) is 19.1 Å². The number of aryl methyl sites for hydroxylation is 1. The van der Waals surface area contributed by atoms with Gasteiger partial charge in [-0.3, -0.25) is 0 Å². The van der Waals surface area contributed by atoms with Crippen molar-refractivity contribution >= 4 is 34.2 Å². The van der Waals surface area contributed by atoms with Gasteiger partial charge in [-0.1, -0.05) is 28.2 Å². The summed E-state index contributed by atoms with van der Waals surface area (Å²) >= 11 is 7.23. The van der Waals surface area contributed by atoms with Gasteiger partial charge in [0, 0.05) is 11.5 Å². The van der Waals surface area contributed by atoms with E-state index in [2.05, 4.69) is 19.1 Å². The molecule has 6 heteroatoms. The molecule has 0 spiro atoms. The van der Waals surface area contributed by atoms with Gasteiger partial charge in [-0.2, -0.15) is 0 Å². The first kappa shape index (κ1) is 10.7. The smallest absolute Gasteiger partial charge is 0.139 e. The lowest BCUT2D eigenvalue weighted by molar-refractivity contribution is 0.760. The number of halogens is 1. The van der Waals surface area contributed by atoms with Gasteiger partial charge in [-0.05, 0) is 19.1 Å². The number of hydrogen-bond donors (Lipinski definition) is 0. The van der Waals surface area contributed by atoms with Crippen molar-refractivity contribution in [1.29, 1.82) is 0 Å². The van der Waals surface area contributed by atoms with Crippen molar-refractivity contribution in [3.63, 3.8) is 0 Å². The summed E-state index contributed by atoms with van der Waals surface area (Å²) < 4.78 is 6.57. The molecule has 1 aromatic carbocycles. The van der Waals surface area contributed by atoms with E-state index in [1.807, 2.05) is 31.2 Å². The van der Waals surface area contributed by atoms with Gasteiger partial charge in [0.05, 0.1) is 17.6 Å². The summed E-state index contributed by atoms with van der Waals surface area (Å²) in [6, 6.07) is 8.03. The molecule has 3 rings (SSSR count). The summed E-state index contributed by atoms with van der Waals surface area (Å²) in [5, 5.41) is 4.03. The van der Waals surface area contributed by atoms with Crippen LogP contribution in [0.15, 0.2) is 24.3 Å². The van der Waals surface area contributed by atoms with Crippen molar-refractivity contribution in [1.82, 2.24) is 19.1 Å². The van der Waals surface area contributed by atoms with Crippen molar-refractivity contribution < 1.29 is 0 Å². The Morgan fingerprint density at radius 1 is 1.35 bits per heavy atom. The van der Waals surface area contributed by atoms with E-state index in [1.165, 1.54) is 11.5 Å². The average molecular weight is 265 g/mol. The van der Waals surface area contributed by atoms with Gasteiger partial charge >= 0.3 is 0 Å². The lowest BCUT2D eigenvalue weighted by atomic mass is 10.3. The highest BCUT2D eigenvalue weighted by Gasteiger charge is 2.11. The monoisotopic (exact) mass is 264 g/mol. The molecule has 2 aromatic heterocycles. The van der Waals surface area contributed by atoms with Crippen LogP contribution in [0.3, 0.4) is 0 Å². The Morgan fingerprint density at radius 3 is 2.94 bits per heavy atom. The minimum Gasteiger partial charge on any atom is -0.322 e. The lowest BCUT2D eigenvalue weighted by Gasteiger charge is -2.03. The summed E-state index contributed by atoms with van der Waals surface area (Å²) in [5.74, 6) is 0.954. The summed E-state index contributed by atoms with van der Waals surface area (Å²) in [6.45, 7) is 2.59. The van der Waals surface area contributed by atoms with Gasteiger partial charge in [-0.25, -0.2) is 4.98 Å². The zero-order valence-corrected chi connectivity index (χ0v) is 10.7. The molecule has 3 aromatic rings. The summed E-state index contributed by atoms with van der Waals surface area (Å²) in [4.78, 5) is 4.50. The van der Waals surface area contributed by atoms with Crippen molar-refractivity contribution in [2.45, 2.75) is 13.5 Å². The molecule has 86 valence electrons. The molecule has 0 amide bonds. The van der Waals surface area contributed by atoms with E-state index in [4.69, 9.17) is 11.6 Å². The molecule has 0 saturated carbocycles. The third-order valence-electron chi connectivity index (χ3n) is 2.66. The molecular weight excluding hydrogens is 256 g/mol. The van der Waals surface area contributed by atoms with Crippen molar-refractivity contribution in [2.75, 3.05) is 0 Å². The Kier molecular flexibility index (Phi) is 2.57. The number of hydrogen-bond acceptors (Lipinski definition) is 4. The molecule has 0 radical (unpaired) electrons. The highest BCUT2D eigenvalue weighted by atomic mass is 35.5. The van der Waals surface area contributed by atoms with Crippen LogP contribution in [0.2, 0.25) is 4.34 Å². The second kappa shape index (κ2) is 4.09. The summed E-state index contributed by atoms with van der Waals surface area (Å²) in [6.07, 6.45) is 0. The first-order valence-corrected chi connectivity index (χ1v) is 6.29. The first-order chi connectivity index (χ1) is 8.25. The van der Waals surface area contributed by atoms with Crippen LogP contribution < -0.4 is 0 Å². The molecule has 0 aliphatic heterocycles. The number of para-hydroxylation sites is 2. The Labute approximate surface area is 107 Å². The zero-order chi connectivity index (χ0) is 11.8. The van der Waals surface area contributed by atoms with E-state index in [9.17, 15) is 0 Å². The lowest BCUT2D eigenvalue weighted by Crippen LogP contribution is -2.02. The third kappa shape index (κ3) is 1.81. The molecule has 2 heterocycles. The zero-order valence-electron chi connectivity index (χ0n) is 9.09. The third-order valence-corrected chi connectivity index (χ3v) is 3.65. The SMILES string of the molecule is Cc1nc2ccccc2n1Cc1nnsc1Cl. The molecule has 0 bridgehead atoms. The molecule has 0 N–H and O–H groups in total. The maximum absolute atomic E-state index is 6.02. The molecular formula is C11H9ClN4S. The Hall–Kier alpha value is -1.46. The predicted octanol–water partition coefficient (Wildman–Crippen LogP) is 2.90. The van der Waals surface area contributed by atoms with Gasteiger partial charge in [0.15, 0.2) is 0 Å². The van der Waals surface area contributed by atoms with Gasteiger partial charge < -0.3 is 4.57 Å². The highest BCUT2D eigenvalue weighted by Crippen LogP contribution is 2.22. The number of aromatic nitrogens is 4. The molecule has 4 nitrogen and oxygen atoms in total. The van der Waals surface area contributed by atoms with Crippen LogP contribution in [0.4, 0.5) is 0 Å². The fourth-order valence-electron chi connectivity index (χ4n) is 1.84. The van der Waals surface area contributed by atoms with Gasteiger partial charge in [-0.15, -0.1) is 5.10 Å². The summed E-state index contributed by atoms with van der Waals surface area (Å²) in [7, 11) is 0. The van der Waals surface area contributed by atoms with Crippen LogP contribution in [0.1, 0.15) is 11.5 Å². The fourth-order valence-corrected chi connectivity index (χ4v) is 2.45. The molecule has 0 aliphatic carbocycles. The molecule has 0 aliphatic rings. The molecule has 0 fully saturated rings. The number of benzene rings is 1. The molecule has 17 heavy (non-hydrogen) atoms. The van der Waals surface area contributed by atoms with E-state index in [0.717, 1.165) is 22.6 Å². The number of imidazole rings is 1. The highest BCUT2D eigenvalue weighted by molar-refractivity contribution is 7.10. The maximum atomic E-state index is 6.02. The van der Waals surface area contributed by atoms with Crippen LogP contribution in [-0.2, 0) is 6.54 Å². The second-order valence-electron chi connectivity index (χ2n) is 3.73. The first-order valence-electron chi connectivity index (χ1n) is 5.14. The minimum absolute atomic E-state index is 0.613. The van der Waals surface area contributed by atoms with Crippen LogP contribution in [0.5, 0.6) is 0 Å². The van der Waals surface area contributed by atoms with Crippen LogP contribution in [0, 0.1) is 6.92 Å². The molecule has 0 atom stereocenters. The number of rotatable bonds is 2. The topological polar surface area (TPSA) is 43.6 Å². The largest absolute Gasteiger partial charge is 0.322 e. The van der Waals surface area contributed by atoms with Gasteiger partial charge in [0.25, 0.3) is 0 Å². The van der Waals surface area contributed by atoms with E-state index in [-0.39, 0.29) is 0 Å². The maximum Gasteiger partial charge on any atom is 0.139 e. The number of nitrogens with zero attached hydrogens (tertiary/aromatic N) is 4. The molecule has 0 unspecified atom stereocenters. The van der Waals surface area contributed by atoms with E-state index >= 15 is 0 Å². The Balaban J connectivity index is 2.11. The minimum atomic E-state index is 0.613. The normalized spacial score (nSPS) is 11.2. The van der Waals surface area contributed by atoms with Crippen LogP contribution >= 0.6 is 23.1 Å².